The molecular weight excluding hydrogens is 465 g/mol. The molecule has 1 aliphatic carbocycles. The third kappa shape index (κ3) is 6.50. The van der Waals surface area contributed by atoms with Gasteiger partial charge >= 0.3 is 5.97 Å². The molecule has 182 valence electrons. The maximum absolute atomic E-state index is 13.6. The molecule has 4 rings (SSSR count). The van der Waals surface area contributed by atoms with Crippen LogP contribution in [0.4, 0.5) is 4.39 Å². The number of halogens is 1. The highest BCUT2D eigenvalue weighted by molar-refractivity contribution is 7.99. The van der Waals surface area contributed by atoms with Gasteiger partial charge in [-0.3, -0.25) is 4.68 Å². The van der Waals surface area contributed by atoms with Crippen molar-refractivity contribution in [1.29, 1.82) is 5.26 Å². The van der Waals surface area contributed by atoms with Crippen molar-refractivity contribution < 1.29 is 19.0 Å². The van der Waals surface area contributed by atoms with E-state index in [-0.39, 0.29) is 12.4 Å². The summed E-state index contributed by atoms with van der Waals surface area (Å²) in [5.41, 5.74) is 3.60. The van der Waals surface area contributed by atoms with Gasteiger partial charge in [0.25, 0.3) is 0 Å². The van der Waals surface area contributed by atoms with E-state index in [2.05, 4.69) is 6.07 Å². The Morgan fingerprint density at radius 2 is 1.77 bits per heavy atom. The maximum Gasteiger partial charge on any atom is 0.329 e. The second-order valence-electron chi connectivity index (χ2n) is 8.83. The topological polar surface area (TPSA) is 88.1 Å². The van der Waals surface area contributed by atoms with E-state index in [1.807, 2.05) is 35.0 Å². The zero-order valence-electron chi connectivity index (χ0n) is 19.4. The first-order chi connectivity index (χ1) is 17.0. The van der Waals surface area contributed by atoms with Crippen LogP contribution in [0.5, 0.6) is 0 Å². The van der Waals surface area contributed by atoms with Gasteiger partial charge in [-0.1, -0.05) is 42.1 Å². The van der Waals surface area contributed by atoms with E-state index < -0.39 is 5.97 Å². The molecule has 1 saturated carbocycles. The van der Waals surface area contributed by atoms with E-state index in [0.29, 0.717) is 24.2 Å². The van der Waals surface area contributed by atoms with Crippen LogP contribution in [-0.4, -0.2) is 39.8 Å². The summed E-state index contributed by atoms with van der Waals surface area (Å²) in [4.78, 5) is 10.7. The van der Waals surface area contributed by atoms with E-state index in [9.17, 15) is 14.4 Å². The largest absolute Gasteiger partial charge is 0.480 e. The molecule has 0 saturated heterocycles. The van der Waals surface area contributed by atoms with Crippen molar-refractivity contribution in [3.63, 3.8) is 0 Å². The molecule has 0 amide bonds. The molecule has 0 radical (unpaired) electrons. The van der Waals surface area contributed by atoms with Crippen molar-refractivity contribution in [3.8, 4) is 28.5 Å². The number of aromatic nitrogens is 2. The third-order valence-corrected chi connectivity index (χ3v) is 7.30. The number of carboxylic acid groups (broad SMARTS) is 1. The number of ether oxygens (including phenoxy) is 1. The number of nitrogens with zero attached hydrogens (tertiary/aromatic N) is 3. The fourth-order valence-electron chi connectivity index (χ4n) is 4.63. The van der Waals surface area contributed by atoms with Gasteiger partial charge in [0.1, 0.15) is 23.1 Å². The SMILES string of the molecule is N#CCSc1c(-c2ccccc2)c(-c2ccc(F)cc2)nn1C[C@H]1CC[C@@H](COCC(=O)O)CC1. The molecule has 0 unspecified atom stereocenters. The average molecular weight is 494 g/mol. The smallest absolute Gasteiger partial charge is 0.329 e. The van der Waals surface area contributed by atoms with Crippen molar-refractivity contribution in [2.24, 2.45) is 11.8 Å². The fraction of sp³-hybridized carbons (Fsp3) is 0.370. The predicted octanol–water partition coefficient (Wildman–Crippen LogP) is 5.88. The van der Waals surface area contributed by atoms with Crippen molar-refractivity contribution in [2.45, 2.75) is 37.3 Å². The summed E-state index contributed by atoms with van der Waals surface area (Å²) in [7, 11) is 0. The zero-order valence-corrected chi connectivity index (χ0v) is 20.2. The number of nitriles is 1. The van der Waals surface area contributed by atoms with Crippen LogP contribution in [0.1, 0.15) is 25.7 Å². The minimum Gasteiger partial charge on any atom is -0.480 e. The van der Waals surface area contributed by atoms with Gasteiger partial charge in [0.2, 0.25) is 0 Å². The number of thioether (sulfide) groups is 1. The van der Waals surface area contributed by atoms with Gasteiger partial charge in [0.05, 0.1) is 18.4 Å². The van der Waals surface area contributed by atoms with Gasteiger partial charge in [-0.05, 0) is 67.3 Å². The van der Waals surface area contributed by atoms with Gasteiger partial charge in [0.15, 0.2) is 0 Å². The lowest BCUT2D eigenvalue weighted by atomic mass is 9.82. The molecule has 0 atom stereocenters. The second-order valence-corrected chi connectivity index (χ2v) is 9.79. The van der Waals surface area contributed by atoms with Gasteiger partial charge in [-0.15, -0.1) is 0 Å². The quantitative estimate of drug-likeness (QED) is 0.355. The van der Waals surface area contributed by atoms with Crippen LogP contribution in [0.2, 0.25) is 0 Å². The molecule has 35 heavy (non-hydrogen) atoms. The Morgan fingerprint density at radius 1 is 1.09 bits per heavy atom. The van der Waals surface area contributed by atoms with Crippen molar-refractivity contribution in [2.75, 3.05) is 19.0 Å². The summed E-state index contributed by atoms with van der Waals surface area (Å²) < 4.78 is 21.0. The number of benzene rings is 2. The number of hydrogen-bond acceptors (Lipinski definition) is 5. The van der Waals surface area contributed by atoms with Crippen LogP contribution in [0.3, 0.4) is 0 Å². The highest BCUT2D eigenvalue weighted by atomic mass is 32.2. The molecule has 1 fully saturated rings. The highest BCUT2D eigenvalue weighted by Crippen LogP contribution is 2.41. The first-order valence-electron chi connectivity index (χ1n) is 11.8. The van der Waals surface area contributed by atoms with Gasteiger partial charge in [-0.2, -0.15) is 10.4 Å². The molecular formula is C27H28FN3O3S. The van der Waals surface area contributed by atoms with Crippen LogP contribution in [-0.2, 0) is 16.1 Å². The molecule has 1 heterocycles. The molecule has 0 aliphatic heterocycles. The number of hydrogen-bond donors (Lipinski definition) is 1. The van der Waals surface area contributed by atoms with Crippen molar-refractivity contribution in [3.05, 3.63) is 60.4 Å². The van der Waals surface area contributed by atoms with E-state index in [1.54, 1.807) is 12.1 Å². The van der Waals surface area contributed by atoms with Crippen molar-refractivity contribution >= 4 is 17.7 Å². The lowest BCUT2D eigenvalue weighted by molar-refractivity contribution is -0.142. The zero-order chi connectivity index (χ0) is 24.6. The normalized spacial score (nSPS) is 17.7. The molecule has 2 aromatic carbocycles. The Morgan fingerprint density at radius 3 is 2.43 bits per heavy atom. The molecule has 3 aromatic rings. The van der Waals surface area contributed by atoms with E-state index in [4.69, 9.17) is 14.9 Å². The van der Waals surface area contributed by atoms with Crippen LogP contribution >= 0.6 is 11.8 Å². The number of rotatable bonds is 10. The minimum atomic E-state index is -0.939. The van der Waals surface area contributed by atoms with Gasteiger partial charge in [-0.25, -0.2) is 9.18 Å². The third-order valence-electron chi connectivity index (χ3n) is 6.34. The van der Waals surface area contributed by atoms with Crippen LogP contribution in [0.25, 0.3) is 22.4 Å². The lowest BCUT2D eigenvalue weighted by Crippen LogP contribution is -2.23. The highest BCUT2D eigenvalue weighted by Gasteiger charge is 2.26. The van der Waals surface area contributed by atoms with Crippen LogP contribution in [0.15, 0.2) is 59.6 Å². The summed E-state index contributed by atoms with van der Waals surface area (Å²) in [5, 5.41) is 24.0. The fourth-order valence-corrected chi connectivity index (χ4v) is 5.46. The Labute approximate surface area is 208 Å². The average Bonchev–Trinajstić information content (AvgIpc) is 3.22. The van der Waals surface area contributed by atoms with Crippen LogP contribution < -0.4 is 0 Å². The van der Waals surface area contributed by atoms with Gasteiger partial charge < -0.3 is 9.84 Å². The summed E-state index contributed by atoms with van der Waals surface area (Å²) in [5.74, 6) is -0.118. The number of carbonyl (C=O) groups is 1. The first-order valence-corrected chi connectivity index (χ1v) is 12.7. The lowest BCUT2D eigenvalue weighted by Gasteiger charge is -2.28. The summed E-state index contributed by atoms with van der Waals surface area (Å²) in [6, 6.07) is 18.6. The Bertz CT molecular complexity index is 1170. The molecule has 8 heteroatoms. The molecule has 1 aromatic heterocycles. The van der Waals surface area contributed by atoms with Crippen molar-refractivity contribution in [1.82, 2.24) is 9.78 Å². The second kappa shape index (κ2) is 12.0. The number of carboxylic acids is 1. The molecule has 0 bridgehead atoms. The maximum atomic E-state index is 13.6. The molecule has 6 nitrogen and oxygen atoms in total. The first kappa shape index (κ1) is 25.0. The minimum absolute atomic E-state index is 0.249. The van der Waals surface area contributed by atoms with Gasteiger partial charge in [0, 0.05) is 17.7 Å². The monoisotopic (exact) mass is 493 g/mol. The standard InChI is InChI=1S/C27H28FN3O3S/c28-23-12-10-22(11-13-23)26-25(21-4-2-1-3-5-21)27(35-15-14-29)31(30-26)16-19-6-8-20(9-7-19)17-34-18-24(32)33/h1-5,10-13,19-20H,6-9,15-18H2,(H,32,33)/t19-,20+. The summed E-state index contributed by atoms with van der Waals surface area (Å²) in [6.07, 6.45) is 4.00. The van der Waals surface area contributed by atoms with E-state index in [1.165, 1.54) is 23.9 Å². The van der Waals surface area contributed by atoms with E-state index in [0.717, 1.165) is 59.6 Å². The molecule has 1 aliphatic rings. The molecule has 1 N–H and O–H groups in total. The van der Waals surface area contributed by atoms with E-state index >= 15 is 0 Å². The number of aliphatic carboxylic acids is 1. The molecule has 0 spiro atoms. The summed E-state index contributed by atoms with van der Waals surface area (Å²) >= 11 is 1.48. The Kier molecular flexibility index (Phi) is 8.56. The predicted molar refractivity (Wildman–Crippen MR) is 133 cm³/mol. The Balaban J connectivity index is 1.60. The summed E-state index contributed by atoms with van der Waals surface area (Å²) in [6.45, 7) is 0.968. The van der Waals surface area contributed by atoms with Crippen LogP contribution in [0, 0.1) is 29.0 Å². The Hall–Kier alpha value is -3.15.